The quantitative estimate of drug-likeness (QED) is 0.489. The molecule has 0 spiro atoms. The Morgan fingerprint density at radius 1 is 1.42 bits per heavy atom. The topological polar surface area (TPSA) is 9.23 Å². The number of hydrogen-bond donors (Lipinski definition) is 1. The normalized spacial score (nSPS) is 19.6. The van der Waals surface area contributed by atoms with Crippen LogP contribution in [0.2, 0.25) is 0 Å². The fourth-order valence-electron chi connectivity index (χ4n) is 1.18. The minimum atomic E-state index is 0. The van der Waals surface area contributed by atoms with E-state index < -0.39 is 0 Å². The summed E-state index contributed by atoms with van der Waals surface area (Å²) >= 11 is 4.23. The molecule has 1 heterocycles. The third kappa shape index (κ3) is 1.30. The van der Waals surface area contributed by atoms with Crippen LogP contribution in [-0.4, -0.2) is 5.44 Å². The monoisotopic (exact) mass is 432 g/mol. The minimum Gasteiger partial charge on any atom is -0.540 e. The largest absolute Gasteiger partial charge is 0.540 e. The summed E-state index contributed by atoms with van der Waals surface area (Å²) in [6.45, 7) is 0. The van der Waals surface area contributed by atoms with E-state index in [4.69, 9.17) is 4.74 Å². The van der Waals surface area contributed by atoms with Gasteiger partial charge in [-0.1, -0.05) is 12.1 Å². The Labute approximate surface area is 71.8 Å². The third-order valence-electron chi connectivity index (χ3n) is 1.72. The molecule has 0 N–H and O–H groups in total. The third-order valence-corrected chi connectivity index (χ3v) is 2.04. The molecule has 1 aliphatic heterocycles. The molecule has 12 heavy (non-hydrogen) atoms. The second-order valence-corrected chi connectivity index (χ2v) is 3.13. The van der Waals surface area contributed by atoms with Gasteiger partial charge in [-0.25, -0.2) is 0 Å². The van der Waals surface area contributed by atoms with Gasteiger partial charge in [0, 0.05) is 5.75 Å². The van der Waals surface area contributed by atoms with E-state index in [-0.39, 0.29) is 5.44 Å². The van der Waals surface area contributed by atoms with Crippen LogP contribution < -0.4 is 4.74 Å². The first-order valence-electron chi connectivity index (χ1n) is 3.63. The van der Waals surface area contributed by atoms with Gasteiger partial charge in [0.05, 0.1) is 0 Å². The van der Waals surface area contributed by atoms with E-state index in [2.05, 4.69) is 25.1 Å². The summed E-state index contributed by atoms with van der Waals surface area (Å²) in [5.41, 5.74) is 1.21. The van der Waals surface area contributed by atoms with Crippen LogP contribution in [0.4, 0.5) is 0 Å². The van der Waals surface area contributed by atoms with Crippen molar-refractivity contribution in [1.82, 2.24) is 0 Å². The van der Waals surface area contributed by atoms with Crippen molar-refractivity contribution in [2.75, 3.05) is 0 Å². The molecule has 0 aromatic heterocycles. The van der Waals surface area contributed by atoms with Crippen LogP contribution in [0, 0.1) is 6.42 Å². The minimum absolute atomic E-state index is 0. The van der Waals surface area contributed by atoms with Gasteiger partial charge in [0.2, 0.25) is 0 Å². The van der Waals surface area contributed by atoms with E-state index in [1.54, 1.807) is 0 Å². The fraction of sp³-hybridized carbons (Fsp3) is 0.222. The fourth-order valence-corrected chi connectivity index (χ4v) is 1.40. The van der Waals surface area contributed by atoms with Crippen molar-refractivity contribution in [1.29, 1.82) is 0 Å². The van der Waals surface area contributed by atoms with E-state index in [1.807, 2.05) is 18.2 Å². The van der Waals surface area contributed by atoms with Crippen LogP contribution >= 0.6 is 12.6 Å². The molecule has 1 unspecified atom stereocenters. The molecule has 0 amide bonds. The molecule has 0 radical (unpaired) electrons. The van der Waals surface area contributed by atoms with E-state index in [1.165, 1.54) is 5.56 Å². The van der Waals surface area contributed by atoms with E-state index in [0.717, 1.165) is 12.2 Å². The van der Waals surface area contributed by atoms with Crippen molar-refractivity contribution in [3.63, 3.8) is 0 Å². The molecule has 60 valence electrons. The van der Waals surface area contributed by atoms with Gasteiger partial charge in [0.15, 0.2) is 0 Å². The molecule has 0 bridgehead atoms. The number of thiol groups is 1. The van der Waals surface area contributed by atoms with Gasteiger partial charge >= 0.3 is 0 Å². The summed E-state index contributed by atoms with van der Waals surface area (Å²) in [7, 11) is 0. The van der Waals surface area contributed by atoms with Crippen molar-refractivity contribution in [2.45, 2.75) is 11.9 Å². The SMILES string of the molecule is SC1C[CH-]c2ccccc2O1.[Rf]. The first-order chi connectivity index (χ1) is 5.36. The zero-order valence-corrected chi connectivity index (χ0v) is 14.0. The molecule has 0 aliphatic carbocycles. The van der Waals surface area contributed by atoms with Crippen LogP contribution in [0.15, 0.2) is 24.3 Å². The number of rotatable bonds is 0. The smallest absolute Gasteiger partial charge is 0.119 e. The summed E-state index contributed by atoms with van der Waals surface area (Å²) < 4.78 is 5.46. The van der Waals surface area contributed by atoms with Crippen molar-refractivity contribution >= 4 is 12.6 Å². The molecular formula is C9H9ORfS-. The number of para-hydroxylation sites is 1. The van der Waals surface area contributed by atoms with Crippen molar-refractivity contribution < 1.29 is 4.74 Å². The number of hydrogen-bond acceptors (Lipinski definition) is 2. The van der Waals surface area contributed by atoms with Gasteiger partial charge in [0.1, 0.15) is 5.44 Å². The Kier molecular flexibility index (Phi) is 2.15. The Morgan fingerprint density at radius 3 is 3.00 bits per heavy atom. The summed E-state index contributed by atoms with van der Waals surface area (Å²) in [6.07, 6.45) is 3.04. The van der Waals surface area contributed by atoms with E-state index in [9.17, 15) is 0 Å². The maximum absolute atomic E-state index is 5.46. The van der Waals surface area contributed by atoms with Gasteiger partial charge in [-0.15, -0.1) is 18.7 Å². The summed E-state index contributed by atoms with van der Waals surface area (Å²) in [6, 6.07) is 8.00. The molecule has 1 aromatic rings. The molecule has 2 rings (SSSR count). The maximum Gasteiger partial charge on any atom is 0.119 e. The van der Waals surface area contributed by atoms with Crippen LogP contribution in [0.1, 0.15) is 12.0 Å². The molecule has 1 nitrogen and oxygen atoms in total. The number of ether oxygens (including phenoxy) is 1. The zero-order chi connectivity index (χ0) is 7.68. The van der Waals surface area contributed by atoms with Gasteiger partial charge in [-0.05, 0) is 6.42 Å². The molecule has 3 heteroatoms. The van der Waals surface area contributed by atoms with Crippen molar-refractivity contribution in [3.05, 3.63) is 36.2 Å². The first-order valence-corrected chi connectivity index (χ1v) is 4.15. The standard InChI is InChI=1S/C9H9OS.Rf/c11-9-6-5-7-3-1-2-4-8(7)10-9;/h1-5,9,11H,6H2;/q-1;. The molecule has 0 saturated heterocycles. The number of benzene rings is 1. The van der Waals surface area contributed by atoms with E-state index in [0.29, 0.717) is 0 Å². The Morgan fingerprint density at radius 2 is 2.17 bits per heavy atom. The molecular weight excluding hydrogens is 423 g/mol. The van der Waals surface area contributed by atoms with Gasteiger partial charge in [-0.2, -0.15) is 18.1 Å². The second-order valence-electron chi connectivity index (χ2n) is 2.55. The van der Waals surface area contributed by atoms with E-state index >= 15 is 0 Å². The Bertz CT molecular complexity index is 264. The van der Waals surface area contributed by atoms with Gasteiger partial charge in [0.25, 0.3) is 0 Å². The van der Waals surface area contributed by atoms with Crippen LogP contribution in [0.25, 0.3) is 0 Å². The predicted octanol–water partition coefficient (Wildman–Crippen LogP) is 2.28. The average Bonchev–Trinajstić information content (AvgIpc) is 2.04. The summed E-state index contributed by atoms with van der Waals surface area (Å²) in [5, 5.41) is 0. The molecule has 1 atom stereocenters. The maximum atomic E-state index is 5.46. The Balaban J connectivity index is 0.000000720. The molecule has 1 aliphatic rings. The van der Waals surface area contributed by atoms with Crippen LogP contribution in [-0.2, 0) is 0 Å². The van der Waals surface area contributed by atoms with Gasteiger partial charge in [-0.3, -0.25) is 0 Å². The average molecular weight is 432 g/mol. The zero-order valence-electron chi connectivity index (χ0n) is 6.73. The summed E-state index contributed by atoms with van der Waals surface area (Å²) in [4.78, 5) is 0. The van der Waals surface area contributed by atoms with Gasteiger partial charge < -0.3 is 4.74 Å². The predicted molar refractivity (Wildman–Crippen MR) is 47.9 cm³/mol. The first kappa shape index (κ1) is 8.34. The molecule has 0 saturated carbocycles. The van der Waals surface area contributed by atoms with Crippen molar-refractivity contribution in [3.8, 4) is 5.75 Å². The van der Waals surface area contributed by atoms with Crippen molar-refractivity contribution in [2.24, 2.45) is 0 Å². The second kappa shape index (κ2) is 3.09. The molecule has 0 fully saturated rings. The van der Waals surface area contributed by atoms with Crippen LogP contribution in [0.3, 0.4) is 0 Å². The van der Waals surface area contributed by atoms with Crippen LogP contribution in [0.5, 0.6) is 5.75 Å². The Hall–Kier alpha value is -1.76. The molecule has 1 aromatic carbocycles. The number of fused-ring (bicyclic) bond motifs is 1. The summed E-state index contributed by atoms with van der Waals surface area (Å²) in [5.74, 6) is 0.943.